The minimum atomic E-state index is 0.335. The Labute approximate surface area is 147 Å². The van der Waals surface area contributed by atoms with Crippen molar-refractivity contribution in [1.29, 1.82) is 0 Å². The summed E-state index contributed by atoms with van der Waals surface area (Å²) < 4.78 is 0. The molecule has 0 fully saturated rings. The topological polar surface area (TPSA) is 36.9 Å². The molecule has 0 bridgehead atoms. The number of hydrogen-bond acceptors (Lipinski definition) is 4. The van der Waals surface area contributed by atoms with Crippen LogP contribution in [-0.4, -0.2) is 13.2 Å². The van der Waals surface area contributed by atoms with E-state index in [4.69, 9.17) is 19.6 Å². The molecule has 1 aromatic carbocycles. The van der Waals surface area contributed by atoms with Crippen LogP contribution in [0.2, 0.25) is 0 Å². The summed E-state index contributed by atoms with van der Waals surface area (Å²) in [6.07, 6.45) is 4.10. The minimum Gasteiger partial charge on any atom is -0.337 e. The van der Waals surface area contributed by atoms with Gasteiger partial charge >= 0.3 is 0 Å². The molecule has 0 saturated carbocycles. The normalized spacial score (nSPS) is 11.3. The van der Waals surface area contributed by atoms with Crippen molar-refractivity contribution in [2.75, 3.05) is 13.2 Å². The van der Waals surface area contributed by atoms with Gasteiger partial charge in [0.25, 0.3) is 0 Å². The molecule has 138 valence electrons. The number of hydrogen-bond donors (Lipinski definition) is 0. The van der Waals surface area contributed by atoms with Crippen molar-refractivity contribution in [3.63, 3.8) is 0 Å². The van der Waals surface area contributed by atoms with Gasteiger partial charge < -0.3 is 9.78 Å². The second-order valence-corrected chi connectivity index (χ2v) is 6.75. The molecule has 0 N–H and O–H groups in total. The lowest BCUT2D eigenvalue weighted by atomic mass is 9.94. The highest BCUT2D eigenvalue weighted by Crippen LogP contribution is 2.37. The van der Waals surface area contributed by atoms with E-state index in [1.165, 1.54) is 0 Å². The van der Waals surface area contributed by atoms with Crippen molar-refractivity contribution in [3.8, 4) is 11.5 Å². The Kier molecular flexibility index (Phi) is 9.80. The maximum atomic E-state index is 5.57. The van der Waals surface area contributed by atoms with Gasteiger partial charge in [0.2, 0.25) is 0 Å². The molecule has 1 rings (SSSR count). The van der Waals surface area contributed by atoms with Crippen molar-refractivity contribution in [2.45, 2.75) is 79.1 Å². The summed E-state index contributed by atoms with van der Waals surface area (Å²) >= 11 is 0. The highest BCUT2D eigenvalue weighted by molar-refractivity contribution is 5.48. The van der Waals surface area contributed by atoms with Gasteiger partial charge in [-0.15, -0.1) is 0 Å². The third-order valence-electron chi connectivity index (χ3n) is 3.85. The summed E-state index contributed by atoms with van der Waals surface area (Å²) in [5, 5.41) is 0. The lowest BCUT2D eigenvalue weighted by Crippen LogP contribution is -2.07. The van der Waals surface area contributed by atoms with Crippen molar-refractivity contribution < 1.29 is 19.6 Å². The molecule has 0 aliphatic rings. The fourth-order valence-electron chi connectivity index (χ4n) is 2.26. The third-order valence-corrected chi connectivity index (χ3v) is 3.85. The van der Waals surface area contributed by atoms with Crippen LogP contribution in [0.25, 0.3) is 0 Å². The average molecular weight is 338 g/mol. The molecule has 0 aliphatic heterocycles. The molecule has 0 aromatic heterocycles. The Balaban J connectivity index is 2.96. The molecular formula is C20H34O4. The van der Waals surface area contributed by atoms with E-state index in [2.05, 4.69) is 47.6 Å². The van der Waals surface area contributed by atoms with E-state index in [1.54, 1.807) is 0 Å². The van der Waals surface area contributed by atoms with Gasteiger partial charge in [0.1, 0.15) is 0 Å². The van der Waals surface area contributed by atoms with E-state index in [0.29, 0.717) is 36.5 Å². The van der Waals surface area contributed by atoms with Gasteiger partial charge in [0, 0.05) is 17.2 Å². The molecule has 0 atom stereocenters. The van der Waals surface area contributed by atoms with Crippen molar-refractivity contribution >= 4 is 0 Å². The van der Waals surface area contributed by atoms with Gasteiger partial charge in [-0.1, -0.05) is 54.4 Å². The smallest absolute Gasteiger partial charge is 0.172 e. The Hall–Kier alpha value is -1.26. The fraction of sp³-hybridized carbons (Fsp3) is 0.700. The molecule has 0 heterocycles. The second kappa shape index (κ2) is 11.3. The molecule has 0 spiro atoms. The monoisotopic (exact) mass is 338 g/mol. The fourth-order valence-corrected chi connectivity index (χ4v) is 2.26. The molecule has 4 heteroatoms. The van der Waals surface area contributed by atoms with Crippen LogP contribution >= 0.6 is 0 Å². The van der Waals surface area contributed by atoms with Crippen molar-refractivity contribution in [2.24, 2.45) is 0 Å². The first-order chi connectivity index (χ1) is 11.5. The minimum absolute atomic E-state index is 0.335. The van der Waals surface area contributed by atoms with Gasteiger partial charge in [-0.2, -0.15) is 9.78 Å². The zero-order valence-corrected chi connectivity index (χ0v) is 16.2. The molecule has 0 amide bonds. The molecule has 0 saturated heterocycles. The number of rotatable bonds is 12. The highest BCUT2D eigenvalue weighted by atomic mass is 17.2. The van der Waals surface area contributed by atoms with E-state index in [1.807, 2.05) is 6.07 Å². The van der Waals surface area contributed by atoms with Crippen LogP contribution < -0.4 is 9.78 Å². The van der Waals surface area contributed by atoms with Crippen LogP contribution in [0.4, 0.5) is 0 Å². The number of unbranched alkanes of at least 4 members (excludes halogenated alkanes) is 2. The zero-order chi connectivity index (χ0) is 17.9. The van der Waals surface area contributed by atoms with Crippen LogP contribution in [0, 0.1) is 0 Å². The molecule has 0 aliphatic carbocycles. The van der Waals surface area contributed by atoms with E-state index in [-0.39, 0.29) is 0 Å². The summed E-state index contributed by atoms with van der Waals surface area (Å²) in [4.78, 5) is 21.8. The van der Waals surface area contributed by atoms with E-state index in [0.717, 1.165) is 36.8 Å². The highest BCUT2D eigenvalue weighted by Gasteiger charge is 2.18. The predicted octanol–water partition coefficient (Wildman–Crippen LogP) is 6.15. The molecular weight excluding hydrogens is 304 g/mol. The van der Waals surface area contributed by atoms with Crippen LogP contribution in [0.3, 0.4) is 0 Å². The lowest BCUT2D eigenvalue weighted by Gasteiger charge is -2.19. The first-order valence-electron chi connectivity index (χ1n) is 9.27. The first kappa shape index (κ1) is 20.8. The lowest BCUT2D eigenvalue weighted by molar-refractivity contribution is -0.213. The number of benzene rings is 1. The second-order valence-electron chi connectivity index (χ2n) is 6.75. The van der Waals surface area contributed by atoms with Crippen LogP contribution in [-0.2, 0) is 9.78 Å². The molecule has 0 radical (unpaired) electrons. The van der Waals surface area contributed by atoms with E-state index in [9.17, 15) is 0 Å². The quantitative estimate of drug-likeness (QED) is 0.260. The largest absolute Gasteiger partial charge is 0.337 e. The maximum absolute atomic E-state index is 5.57. The van der Waals surface area contributed by atoms with Gasteiger partial charge in [-0.05, 0) is 30.7 Å². The summed E-state index contributed by atoms with van der Waals surface area (Å²) in [5.41, 5.74) is 2.24. The van der Waals surface area contributed by atoms with E-state index >= 15 is 0 Å². The third kappa shape index (κ3) is 6.70. The maximum Gasteiger partial charge on any atom is 0.172 e. The van der Waals surface area contributed by atoms with Crippen LogP contribution in [0.15, 0.2) is 12.1 Å². The summed E-state index contributed by atoms with van der Waals surface area (Å²) in [5.74, 6) is 2.09. The van der Waals surface area contributed by atoms with Gasteiger partial charge in [-0.3, -0.25) is 0 Å². The first-order valence-corrected chi connectivity index (χ1v) is 9.27. The molecule has 24 heavy (non-hydrogen) atoms. The van der Waals surface area contributed by atoms with Gasteiger partial charge in [0.05, 0.1) is 13.2 Å². The summed E-state index contributed by atoms with van der Waals surface area (Å²) in [6, 6.07) is 4.04. The van der Waals surface area contributed by atoms with Crippen molar-refractivity contribution in [1.82, 2.24) is 0 Å². The SMILES string of the molecule is CCCCOOc1cc(OOCCCC)c(C(C)C)cc1C(C)C. The Morgan fingerprint density at radius 3 is 1.46 bits per heavy atom. The zero-order valence-electron chi connectivity index (χ0n) is 16.2. The van der Waals surface area contributed by atoms with Gasteiger partial charge in [-0.25, -0.2) is 0 Å². The summed E-state index contributed by atoms with van der Waals surface area (Å²) in [6.45, 7) is 14.0. The van der Waals surface area contributed by atoms with Crippen LogP contribution in [0.1, 0.15) is 90.2 Å². The van der Waals surface area contributed by atoms with E-state index < -0.39 is 0 Å². The molecule has 1 aromatic rings. The Bertz CT molecular complexity index is 430. The van der Waals surface area contributed by atoms with Crippen LogP contribution in [0.5, 0.6) is 11.5 Å². The Morgan fingerprint density at radius 1 is 0.708 bits per heavy atom. The Morgan fingerprint density at radius 2 is 1.12 bits per heavy atom. The van der Waals surface area contributed by atoms with Crippen molar-refractivity contribution in [3.05, 3.63) is 23.3 Å². The molecule has 0 unspecified atom stereocenters. The van der Waals surface area contributed by atoms with Gasteiger partial charge in [0.15, 0.2) is 11.5 Å². The standard InChI is InChI=1S/C20H34O4/c1-7-9-11-21-23-19-14-20(24-22-12-10-8-2)18(16(5)6)13-17(19)15(3)4/h13-16H,7-12H2,1-6H3. The predicted molar refractivity (Wildman–Crippen MR) is 97.6 cm³/mol. The summed E-state index contributed by atoms with van der Waals surface area (Å²) in [7, 11) is 0. The average Bonchev–Trinajstić information content (AvgIpc) is 2.55. The molecule has 4 nitrogen and oxygen atoms in total.